The van der Waals surface area contributed by atoms with E-state index in [0.717, 1.165) is 6.42 Å². The molecule has 88 valence electrons. The smallest absolute Gasteiger partial charge is 0.00763 e. The summed E-state index contributed by atoms with van der Waals surface area (Å²) in [7, 11) is 0. The first-order valence-electron chi connectivity index (χ1n) is 6.25. The molecule has 1 aromatic carbocycles. The minimum absolute atomic E-state index is 0.250. The molecule has 1 aliphatic carbocycles. The standard InChI is InChI=1S/C15H23N/c1-10-13(9-14(10)16)11-5-7-12(8-6-11)15(2,3)4/h5-8,10,13-14H,9,16H2,1-4H3. The minimum atomic E-state index is 0.250. The Hall–Kier alpha value is -0.820. The van der Waals surface area contributed by atoms with Crippen molar-refractivity contribution in [3.05, 3.63) is 35.4 Å². The Morgan fingerprint density at radius 3 is 2.06 bits per heavy atom. The highest BCUT2D eigenvalue weighted by molar-refractivity contribution is 5.31. The maximum Gasteiger partial charge on any atom is 0.00763 e. The van der Waals surface area contributed by atoms with Crippen LogP contribution < -0.4 is 5.73 Å². The van der Waals surface area contributed by atoms with E-state index >= 15 is 0 Å². The van der Waals surface area contributed by atoms with Crippen molar-refractivity contribution < 1.29 is 0 Å². The zero-order valence-corrected chi connectivity index (χ0v) is 10.8. The van der Waals surface area contributed by atoms with Crippen molar-refractivity contribution >= 4 is 0 Å². The molecule has 0 amide bonds. The summed E-state index contributed by atoms with van der Waals surface area (Å²) in [5.41, 5.74) is 9.07. The first kappa shape index (κ1) is 11.7. The van der Waals surface area contributed by atoms with Gasteiger partial charge >= 0.3 is 0 Å². The van der Waals surface area contributed by atoms with Gasteiger partial charge < -0.3 is 5.73 Å². The van der Waals surface area contributed by atoms with Crippen LogP contribution in [-0.4, -0.2) is 6.04 Å². The third kappa shape index (κ3) is 2.01. The number of nitrogens with two attached hydrogens (primary N) is 1. The predicted molar refractivity (Wildman–Crippen MR) is 69.6 cm³/mol. The fourth-order valence-corrected chi connectivity index (χ4v) is 2.50. The lowest BCUT2D eigenvalue weighted by Crippen LogP contribution is -2.44. The number of hydrogen-bond acceptors (Lipinski definition) is 1. The van der Waals surface area contributed by atoms with E-state index in [0.29, 0.717) is 17.9 Å². The normalized spacial score (nSPS) is 29.9. The second-order valence-corrected chi connectivity index (χ2v) is 6.24. The molecule has 16 heavy (non-hydrogen) atoms. The van der Waals surface area contributed by atoms with Gasteiger partial charge in [-0.05, 0) is 34.8 Å². The van der Waals surface area contributed by atoms with E-state index < -0.39 is 0 Å². The van der Waals surface area contributed by atoms with E-state index in [2.05, 4.69) is 52.0 Å². The molecule has 1 heteroatoms. The predicted octanol–water partition coefficient (Wildman–Crippen LogP) is 3.43. The van der Waals surface area contributed by atoms with Gasteiger partial charge in [0.05, 0.1) is 0 Å². The molecule has 3 unspecified atom stereocenters. The molecule has 2 N–H and O–H groups in total. The highest BCUT2D eigenvalue weighted by Gasteiger charge is 2.35. The first-order valence-corrected chi connectivity index (χ1v) is 6.25. The van der Waals surface area contributed by atoms with Crippen molar-refractivity contribution in [2.45, 2.75) is 51.5 Å². The SMILES string of the molecule is CC1C(N)CC1c1ccc(C(C)(C)C)cc1. The Balaban J connectivity index is 2.15. The van der Waals surface area contributed by atoms with Gasteiger partial charge in [0.15, 0.2) is 0 Å². The van der Waals surface area contributed by atoms with Gasteiger partial charge in [-0.1, -0.05) is 52.0 Å². The minimum Gasteiger partial charge on any atom is -0.327 e. The van der Waals surface area contributed by atoms with Crippen LogP contribution in [0.4, 0.5) is 0 Å². The monoisotopic (exact) mass is 217 g/mol. The van der Waals surface area contributed by atoms with E-state index in [1.54, 1.807) is 0 Å². The van der Waals surface area contributed by atoms with Gasteiger partial charge in [0.2, 0.25) is 0 Å². The third-order valence-electron chi connectivity index (χ3n) is 4.04. The average Bonchev–Trinajstić information content (AvgIpc) is 2.24. The van der Waals surface area contributed by atoms with Crippen molar-refractivity contribution in [3.8, 4) is 0 Å². The van der Waals surface area contributed by atoms with Gasteiger partial charge in [-0.3, -0.25) is 0 Å². The summed E-state index contributed by atoms with van der Waals surface area (Å²) in [6.07, 6.45) is 1.15. The van der Waals surface area contributed by atoms with Crippen molar-refractivity contribution in [1.29, 1.82) is 0 Å². The van der Waals surface area contributed by atoms with Gasteiger partial charge in [0.1, 0.15) is 0 Å². The largest absolute Gasteiger partial charge is 0.327 e. The van der Waals surface area contributed by atoms with Crippen LogP contribution in [-0.2, 0) is 5.41 Å². The number of rotatable bonds is 1. The second-order valence-electron chi connectivity index (χ2n) is 6.24. The molecule has 2 rings (SSSR count). The molecule has 0 bridgehead atoms. The molecule has 1 aromatic rings. The zero-order chi connectivity index (χ0) is 11.9. The van der Waals surface area contributed by atoms with Crippen molar-refractivity contribution in [2.24, 2.45) is 11.7 Å². The maximum atomic E-state index is 5.95. The number of hydrogen-bond donors (Lipinski definition) is 1. The van der Waals surface area contributed by atoms with Gasteiger partial charge in [-0.15, -0.1) is 0 Å². The molecule has 0 saturated heterocycles. The molecule has 1 saturated carbocycles. The Kier molecular flexibility index (Phi) is 2.83. The van der Waals surface area contributed by atoms with E-state index in [1.165, 1.54) is 11.1 Å². The number of benzene rings is 1. The summed E-state index contributed by atoms with van der Waals surface area (Å²) in [4.78, 5) is 0. The van der Waals surface area contributed by atoms with Crippen LogP contribution in [0, 0.1) is 5.92 Å². The zero-order valence-electron chi connectivity index (χ0n) is 10.8. The lowest BCUT2D eigenvalue weighted by atomic mass is 9.67. The van der Waals surface area contributed by atoms with E-state index in [1.807, 2.05) is 0 Å². The highest BCUT2D eigenvalue weighted by Crippen LogP contribution is 2.41. The van der Waals surface area contributed by atoms with Crippen LogP contribution in [0.3, 0.4) is 0 Å². The third-order valence-corrected chi connectivity index (χ3v) is 4.04. The Morgan fingerprint density at radius 2 is 1.69 bits per heavy atom. The molecular weight excluding hydrogens is 194 g/mol. The van der Waals surface area contributed by atoms with Gasteiger partial charge in [0, 0.05) is 6.04 Å². The summed E-state index contributed by atoms with van der Waals surface area (Å²) < 4.78 is 0. The second kappa shape index (κ2) is 3.89. The average molecular weight is 217 g/mol. The quantitative estimate of drug-likeness (QED) is 0.766. The summed E-state index contributed by atoms with van der Waals surface area (Å²) in [5.74, 6) is 1.32. The van der Waals surface area contributed by atoms with Gasteiger partial charge in [-0.25, -0.2) is 0 Å². The fraction of sp³-hybridized carbons (Fsp3) is 0.600. The Morgan fingerprint density at radius 1 is 1.12 bits per heavy atom. The first-order chi connectivity index (χ1) is 7.39. The summed E-state index contributed by atoms with van der Waals surface area (Å²) in [5, 5.41) is 0. The van der Waals surface area contributed by atoms with Gasteiger partial charge in [0.25, 0.3) is 0 Å². The van der Waals surface area contributed by atoms with E-state index in [9.17, 15) is 0 Å². The molecule has 0 aromatic heterocycles. The fourth-order valence-electron chi connectivity index (χ4n) is 2.50. The maximum absolute atomic E-state index is 5.95. The summed E-state index contributed by atoms with van der Waals surface area (Å²) in [6, 6.07) is 9.52. The van der Waals surface area contributed by atoms with Crippen molar-refractivity contribution in [3.63, 3.8) is 0 Å². The van der Waals surface area contributed by atoms with Crippen molar-refractivity contribution in [2.75, 3.05) is 0 Å². The lowest BCUT2D eigenvalue weighted by molar-refractivity contribution is 0.226. The molecule has 0 aliphatic heterocycles. The van der Waals surface area contributed by atoms with Crippen LogP contribution in [0.5, 0.6) is 0 Å². The molecular formula is C15H23N. The summed E-state index contributed by atoms with van der Waals surface area (Å²) in [6.45, 7) is 9.02. The van der Waals surface area contributed by atoms with Crippen LogP contribution in [0.25, 0.3) is 0 Å². The highest BCUT2D eigenvalue weighted by atomic mass is 14.7. The Labute approximate surface area is 99.0 Å². The topological polar surface area (TPSA) is 26.0 Å². The van der Waals surface area contributed by atoms with E-state index in [4.69, 9.17) is 5.73 Å². The molecule has 1 nitrogen and oxygen atoms in total. The van der Waals surface area contributed by atoms with Crippen LogP contribution in [0.15, 0.2) is 24.3 Å². The van der Waals surface area contributed by atoms with Gasteiger partial charge in [-0.2, -0.15) is 0 Å². The van der Waals surface area contributed by atoms with E-state index in [-0.39, 0.29) is 5.41 Å². The van der Waals surface area contributed by atoms with Crippen molar-refractivity contribution in [1.82, 2.24) is 0 Å². The van der Waals surface area contributed by atoms with Crippen LogP contribution >= 0.6 is 0 Å². The van der Waals surface area contributed by atoms with Crippen LogP contribution in [0.2, 0.25) is 0 Å². The molecule has 0 heterocycles. The Bertz CT molecular complexity index is 358. The molecule has 1 aliphatic rings. The molecule has 3 atom stereocenters. The molecule has 1 fully saturated rings. The molecule has 0 spiro atoms. The molecule has 0 radical (unpaired) electrons. The lowest BCUT2D eigenvalue weighted by Gasteiger charge is -2.41. The summed E-state index contributed by atoms with van der Waals surface area (Å²) >= 11 is 0. The van der Waals surface area contributed by atoms with Crippen LogP contribution in [0.1, 0.15) is 51.2 Å².